The standard InChI is InChI=1S/C24H24N6O2/c1-15-8-10-16(11-9-15)13-27-30-22(25)20(24(31)26-14-17-5-4-12-32-17)21-23(30)29-19-7-3-2-6-18(19)28-21/h2-3,6-11,13,17H,4-5,12,14,25H2,1H3,(H,26,31)/b27-13-/t17-/m1/s1. The van der Waals surface area contributed by atoms with Gasteiger partial charge in [0.1, 0.15) is 16.9 Å². The normalized spacial score (nSPS) is 16.3. The number of fused-ring (bicyclic) bond motifs is 2. The number of nitrogen functional groups attached to an aromatic ring is 1. The molecule has 5 rings (SSSR count). The number of hydrogen-bond donors (Lipinski definition) is 2. The van der Waals surface area contributed by atoms with Gasteiger partial charge in [0.2, 0.25) is 0 Å². The molecule has 3 heterocycles. The van der Waals surface area contributed by atoms with Crippen molar-refractivity contribution in [1.82, 2.24) is 20.0 Å². The average molecular weight is 428 g/mol. The molecule has 8 nitrogen and oxygen atoms in total. The van der Waals surface area contributed by atoms with E-state index in [1.807, 2.05) is 55.5 Å². The van der Waals surface area contributed by atoms with Crippen LogP contribution in [0.4, 0.5) is 5.82 Å². The Morgan fingerprint density at radius 3 is 2.69 bits per heavy atom. The SMILES string of the molecule is Cc1ccc(/C=N\n2c(N)c(C(=O)NC[C@H]3CCCO3)c3nc4ccccc4nc32)cc1. The molecule has 1 amide bonds. The summed E-state index contributed by atoms with van der Waals surface area (Å²) < 4.78 is 7.09. The Bertz CT molecular complexity index is 1320. The molecule has 4 aromatic rings. The number of carbonyl (C=O) groups is 1. The molecule has 2 aromatic carbocycles. The summed E-state index contributed by atoms with van der Waals surface area (Å²) >= 11 is 0. The van der Waals surface area contributed by atoms with E-state index in [-0.39, 0.29) is 23.4 Å². The number of rotatable bonds is 5. The number of aromatic nitrogens is 3. The van der Waals surface area contributed by atoms with E-state index in [0.717, 1.165) is 30.6 Å². The van der Waals surface area contributed by atoms with Gasteiger partial charge in [-0.3, -0.25) is 4.79 Å². The van der Waals surface area contributed by atoms with Gasteiger partial charge in [-0.2, -0.15) is 9.78 Å². The molecule has 1 saturated heterocycles. The molecule has 0 aliphatic carbocycles. The lowest BCUT2D eigenvalue weighted by molar-refractivity contribution is 0.0859. The first kappa shape index (κ1) is 20.1. The summed E-state index contributed by atoms with van der Waals surface area (Å²) in [5.74, 6) is -0.111. The number of nitrogens with one attached hydrogen (secondary N) is 1. The largest absolute Gasteiger partial charge is 0.383 e. The van der Waals surface area contributed by atoms with E-state index in [4.69, 9.17) is 20.4 Å². The fourth-order valence-corrected chi connectivity index (χ4v) is 3.87. The van der Waals surface area contributed by atoms with Gasteiger partial charge in [-0.05, 0) is 37.5 Å². The zero-order valence-electron chi connectivity index (χ0n) is 17.8. The van der Waals surface area contributed by atoms with Crippen LogP contribution < -0.4 is 11.1 Å². The van der Waals surface area contributed by atoms with Gasteiger partial charge in [0, 0.05) is 13.2 Å². The summed E-state index contributed by atoms with van der Waals surface area (Å²) in [6.07, 6.45) is 3.66. The number of amides is 1. The number of benzene rings is 2. The van der Waals surface area contributed by atoms with Crippen molar-refractivity contribution in [2.24, 2.45) is 5.10 Å². The van der Waals surface area contributed by atoms with E-state index in [9.17, 15) is 4.79 Å². The van der Waals surface area contributed by atoms with Crippen LogP contribution in [-0.2, 0) is 4.74 Å². The van der Waals surface area contributed by atoms with Crippen molar-refractivity contribution < 1.29 is 9.53 Å². The molecular formula is C24H24N6O2. The number of aryl methyl sites for hydroxylation is 1. The minimum Gasteiger partial charge on any atom is -0.383 e. The minimum atomic E-state index is -0.308. The molecule has 1 aliphatic rings. The number of para-hydroxylation sites is 2. The first-order valence-electron chi connectivity index (χ1n) is 10.7. The van der Waals surface area contributed by atoms with E-state index in [1.165, 1.54) is 4.68 Å². The maximum absolute atomic E-state index is 13.1. The lowest BCUT2D eigenvalue weighted by Crippen LogP contribution is -2.32. The Hall–Kier alpha value is -3.78. The molecule has 162 valence electrons. The second kappa shape index (κ2) is 8.39. The van der Waals surface area contributed by atoms with Crippen LogP contribution >= 0.6 is 0 Å². The Kier molecular flexibility index (Phi) is 5.28. The number of nitrogens with zero attached hydrogens (tertiary/aromatic N) is 4. The molecule has 0 radical (unpaired) electrons. The number of anilines is 1. The fraction of sp³-hybridized carbons (Fsp3) is 0.250. The van der Waals surface area contributed by atoms with Crippen molar-refractivity contribution in [3.05, 3.63) is 65.2 Å². The Balaban J connectivity index is 1.58. The highest BCUT2D eigenvalue weighted by Gasteiger charge is 2.25. The van der Waals surface area contributed by atoms with Crippen molar-refractivity contribution in [1.29, 1.82) is 0 Å². The van der Waals surface area contributed by atoms with Gasteiger partial charge in [-0.25, -0.2) is 9.97 Å². The molecular weight excluding hydrogens is 404 g/mol. The number of ether oxygens (including phenoxy) is 1. The second-order valence-corrected chi connectivity index (χ2v) is 7.96. The lowest BCUT2D eigenvalue weighted by atomic mass is 10.2. The zero-order chi connectivity index (χ0) is 22.1. The van der Waals surface area contributed by atoms with Gasteiger partial charge in [0.05, 0.1) is 23.4 Å². The Morgan fingerprint density at radius 2 is 1.97 bits per heavy atom. The van der Waals surface area contributed by atoms with Crippen LogP contribution in [0.2, 0.25) is 0 Å². The van der Waals surface area contributed by atoms with Crippen LogP contribution in [0.1, 0.15) is 34.3 Å². The molecule has 8 heteroatoms. The monoisotopic (exact) mass is 428 g/mol. The van der Waals surface area contributed by atoms with E-state index < -0.39 is 0 Å². The molecule has 0 unspecified atom stereocenters. The van der Waals surface area contributed by atoms with Crippen LogP contribution in [0.15, 0.2) is 53.6 Å². The summed E-state index contributed by atoms with van der Waals surface area (Å²) in [5.41, 5.74) is 11.0. The summed E-state index contributed by atoms with van der Waals surface area (Å²) in [5, 5.41) is 7.48. The molecule has 1 atom stereocenters. The first-order valence-corrected chi connectivity index (χ1v) is 10.7. The number of carbonyl (C=O) groups excluding carboxylic acids is 1. The Morgan fingerprint density at radius 1 is 1.22 bits per heavy atom. The summed E-state index contributed by atoms with van der Waals surface area (Å²) in [6, 6.07) is 15.5. The zero-order valence-corrected chi connectivity index (χ0v) is 17.8. The maximum atomic E-state index is 13.1. The summed E-state index contributed by atoms with van der Waals surface area (Å²) in [4.78, 5) is 22.5. The van der Waals surface area contributed by atoms with Gasteiger partial charge in [0.15, 0.2) is 5.65 Å². The molecule has 0 bridgehead atoms. The Labute approximate surface area is 185 Å². The number of hydrogen-bond acceptors (Lipinski definition) is 6. The van der Waals surface area contributed by atoms with E-state index in [0.29, 0.717) is 28.7 Å². The highest BCUT2D eigenvalue weighted by Crippen LogP contribution is 2.28. The van der Waals surface area contributed by atoms with Crippen molar-refractivity contribution in [3.8, 4) is 0 Å². The van der Waals surface area contributed by atoms with Gasteiger partial charge in [-0.1, -0.05) is 42.0 Å². The van der Waals surface area contributed by atoms with E-state index in [2.05, 4.69) is 10.4 Å². The third-order valence-electron chi connectivity index (χ3n) is 5.61. The predicted molar refractivity (Wildman–Crippen MR) is 125 cm³/mol. The summed E-state index contributed by atoms with van der Waals surface area (Å²) in [7, 11) is 0. The van der Waals surface area contributed by atoms with Crippen molar-refractivity contribution in [2.45, 2.75) is 25.9 Å². The molecule has 0 spiro atoms. The van der Waals surface area contributed by atoms with E-state index in [1.54, 1.807) is 6.21 Å². The smallest absolute Gasteiger partial charge is 0.257 e. The molecule has 0 saturated carbocycles. The van der Waals surface area contributed by atoms with Crippen molar-refractivity contribution >= 4 is 40.1 Å². The lowest BCUT2D eigenvalue weighted by Gasteiger charge is -2.10. The minimum absolute atomic E-state index is 0.0278. The van der Waals surface area contributed by atoms with Gasteiger partial charge in [0.25, 0.3) is 5.91 Å². The molecule has 32 heavy (non-hydrogen) atoms. The van der Waals surface area contributed by atoms with Crippen molar-refractivity contribution in [2.75, 3.05) is 18.9 Å². The third-order valence-corrected chi connectivity index (χ3v) is 5.61. The van der Waals surface area contributed by atoms with Crippen LogP contribution in [-0.4, -0.2) is 46.0 Å². The van der Waals surface area contributed by atoms with Gasteiger partial charge in [-0.15, -0.1) is 0 Å². The highest BCUT2D eigenvalue weighted by molar-refractivity contribution is 6.10. The molecule has 3 N–H and O–H groups in total. The second-order valence-electron chi connectivity index (χ2n) is 7.96. The van der Waals surface area contributed by atoms with Crippen LogP contribution in [0.5, 0.6) is 0 Å². The third kappa shape index (κ3) is 3.80. The summed E-state index contributed by atoms with van der Waals surface area (Å²) in [6.45, 7) is 3.19. The van der Waals surface area contributed by atoms with Crippen LogP contribution in [0.25, 0.3) is 22.2 Å². The quantitative estimate of drug-likeness (QED) is 0.475. The maximum Gasteiger partial charge on any atom is 0.257 e. The van der Waals surface area contributed by atoms with Crippen LogP contribution in [0, 0.1) is 6.92 Å². The molecule has 1 aliphatic heterocycles. The fourth-order valence-electron chi connectivity index (χ4n) is 3.87. The first-order chi connectivity index (χ1) is 15.6. The topological polar surface area (TPSA) is 107 Å². The number of nitrogens with two attached hydrogens (primary N) is 1. The van der Waals surface area contributed by atoms with Gasteiger partial charge >= 0.3 is 0 Å². The molecule has 2 aromatic heterocycles. The highest BCUT2D eigenvalue weighted by atomic mass is 16.5. The van der Waals surface area contributed by atoms with Gasteiger partial charge < -0.3 is 15.8 Å². The predicted octanol–water partition coefficient (Wildman–Crippen LogP) is 3.27. The average Bonchev–Trinajstić information content (AvgIpc) is 3.41. The molecule has 1 fully saturated rings. The van der Waals surface area contributed by atoms with Crippen molar-refractivity contribution in [3.63, 3.8) is 0 Å². The van der Waals surface area contributed by atoms with E-state index >= 15 is 0 Å². The van der Waals surface area contributed by atoms with Crippen LogP contribution in [0.3, 0.4) is 0 Å².